The highest BCUT2D eigenvalue weighted by molar-refractivity contribution is 5.82. The summed E-state index contributed by atoms with van der Waals surface area (Å²) in [7, 11) is 0. The number of hydrogen-bond acceptors (Lipinski definition) is 6. The highest BCUT2D eigenvalue weighted by atomic mass is 16.6. The van der Waals surface area contributed by atoms with Gasteiger partial charge in [-0.05, 0) is 49.4 Å². The van der Waals surface area contributed by atoms with E-state index in [1.165, 1.54) is 12.2 Å². The van der Waals surface area contributed by atoms with Crippen molar-refractivity contribution in [2.45, 2.75) is 38.5 Å². The second-order valence-electron chi connectivity index (χ2n) is 7.05. The molecule has 24 heavy (non-hydrogen) atoms. The predicted octanol–water partition coefficient (Wildman–Crippen LogP) is 1.67. The van der Waals surface area contributed by atoms with Gasteiger partial charge in [-0.1, -0.05) is 18.6 Å². The minimum Gasteiger partial charge on any atom is -0.436 e. The third-order valence-electron chi connectivity index (χ3n) is 6.32. The van der Waals surface area contributed by atoms with Gasteiger partial charge in [0, 0.05) is 17.6 Å². The molecular weight excluding hydrogens is 312 g/mol. The summed E-state index contributed by atoms with van der Waals surface area (Å²) in [5.74, 6) is 0.0437. The monoisotopic (exact) mass is 336 g/mol. The van der Waals surface area contributed by atoms with Crippen LogP contribution in [0.15, 0.2) is 24.3 Å². The number of aliphatic hydroxyl groups excluding tert-OH is 2. The van der Waals surface area contributed by atoms with E-state index in [0.29, 0.717) is 11.8 Å². The minimum atomic E-state index is -0.626. The lowest BCUT2D eigenvalue weighted by Crippen LogP contribution is -2.38. The van der Waals surface area contributed by atoms with Gasteiger partial charge in [0.2, 0.25) is 0 Å². The highest BCUT2D eigenvalue weighted by Gasteiger charge is 2.65. The van der Waals surface area contributed by atoms with E-state index in [1.54, 1.807) is 0 Å². The number of ether oxygens (including phenoxy) is 2. The molecule has 6 heteroatoms. The van der Waals surface area contributed by atoms with Crippen LogP contribution >= 0.6 is 0 Å². The largest absolute Gasteiger partial charge is 0.436 e. The molecule has 0 aromatic heterocycles. The third-order valence-corrected chi connectivity index (χ3v) is 6.32. The normalized spacial score (nSPS) is 37.2. The number of fused-ring (bicyclic) bond motifs is 5. The Balaban J connectivity index is 1.88. The average Bonchev–Trinajstić information content (AvgIpc) is 3.22. The predicted molar refractivity (Wildman–Crippen MR) is 84.2 cm³/mol. The summed E-state index contributed by atoms with van der Waals surface area (Å²) in [5, 5.41) is 17.4. The second kappa shape index (κ2) is 6.69. The Morgan fingerprint density at radius 3 is 2.33 bits per heavy atom. The molecule has 4 unspecified atom stereocenters. The molecule has 0 radical (unpaired) electrons. The average molecular weight is 336 g/mol. The number of aliphatic hydroxyl groups is 2. The van der Waals surface area contributed by atoms with E-state index in [0.717, 1.165) is 38.5 Å². The van der Waals surface area contributed by atoms with E-state index in [-0.39, 0.29) is 10.8 Å². The summed E-state index contributed by atoms with van der Waals surface area (Å²) in [4.78, 5) is 23.3. The van der Waals surface area contributed by atoms with Crippen LogP contribution in [0.25, 0.3) is 0 Å². The molecular formula is C18H24O6. The Morgan fingerprint density at radius 1 is 1.00 bits per heavy atom. The van der Waals surface area contributed by atoms with E-state index in [4.69, 9.17) is 10.2 Å². The molecule has 3 fully saturated rings. The summed E-state index contributed by atoms with van der Waals surface area (Å²) in [6.07, 6.45) is 13.1. The maximum Gasteiger partial charge on any atom is 0.332 e. The maximum absolute atomic E-state index is 11.7. The first-order valence-corrected chi connectivity index (χ1v) is 8.51. The van der Waals surface area contributed by atoms with Gasteiger partial charge < -0.3 is 19.7 Å². The van der Waals surface area contributed by atoms with Gasteiger partial charge in [0.15, 0.2) is 13.6 Å². The summed E-state index contributed by atoms with van der Waals surface area (Å²) < 4.78 is 9.19. The van der Waals surface area contributed by atoms with E-state index in [9.17, 15) is 9.59 Å². The van der Waals surface area contributed by atoms with Crippen LogP contribution in [0, 0.1) is 22.7 Å². The van der Waals surface area contributed by atoms with Crippen molar-refractivity contribution in [1.29, 1.82) is 0 Å². The standard InChI is InChI=1S/C18H24O6/c19-11-23-15(21)4-8-17-7-3-13(10-17)14-2-1-6-18(14,17)9-5-16(22)24-12-20/h4-5,8-9,13-14,19-20H,1-3,6-7,10-12H2. The van der Waals surface area contributed by atoms with Crippen molar-refractivity contribution in [3.63, 3.8) is 0 Å². The van der Waals surface area contributed by atoms with Crippen LogP contribution in [0.1, 0.15) is 38.5 Å². The number of hydrogen-bond donors (Lipinski definition) is 2. The summed E-state index contributed by atoms with van der Waals surface area (Å²) in [5.41, 5.74) is -0.288. The fraction of sp³-hybridized carbons (Fsp3) is 0.667. The molecule has 0 spiro atoms. The van der Waals surface area contributed by atoms with Crippen molar-refractivity contribution in [1.82, 2.24) is 0 Å². The van der Waals surface area contributed by atoms with Gasteiger partial charge in [-0.25, -0.2) is 9.59 Å². The molecule has 0 aliphatic heterocycles. The molecule has 0 saturated heterocycles. The second-order valence-corrected chi connectivity index (χ2v) is 7.05. The first-order valence-electron chi connectivity index (χ1n) is 8.51. The molecule has 0 heterocycles. The third kappa shape index (κ3) is 2.67. The van der Waals surface area contributed by atoms with Crippen molar-refractivity contribution in [3.05, 3.63) is 24.3 Å². The topological polar surface area (TPSA) is 93.1 Å². The Morgan fingerprint density at radius 2 is 1.67 bits per heavy atom. The Labute approximate surface area is 141 Å². The summed E-state index contributed by atoms with van der Waals surface area (Å²) in [6.45, 7) is -1.25. The van der Waals surface area contributed by atoms with Gasteiger partial charge in [-0.2, -0.15) is 0 Å². The first kappa shape index (κ1) is 17.2. The van der Waals surface area contributed by atoms with Gasteiger partial charge >= 0.3 is 11.9 Å². The quantitative estimate of drug-likeness (QED) is 0.435. The maximum atomic E-state index is 11.7. The van der Waals surface area contributed by atoms with Crippen molar-refractivity contribution in [2.24, 2.45) is 22.7 Å². The van der Waals surface area contributed by atoms with Gasteiger partial charge in [-0.15, -0.1) is 0 Å². The van der Waals surface area contributed by atoms with Crippen molar-refractivity contribution >= 4 is 11.9 Å². The van der Waals surface area contributed by atoms with Crippen LogP contribution in [0.2, 0.25) is 0 Å². The highest BCUT2D eigenvalue weighted by Crippen LogP contribution is 2.73. The minimum absolute atomic E-state index is 0.139. The van der Waals surface area contributed by atoms with Gasteiger partial charge in [-0.3, -0.25) is 0 Å². The molecule has 3 rings (SSSR count). The van der Waals surface area contributed by atoms with Crippen LogP contribution in [0.3, 0.4) is 0 Å². The van der Waals surface area contributed by atoms with Crippen molar-refractivity contribution < 1.29 is 29.3 Å². The van der Waals surface area contributed by atoms with Crippen LogP contribution in [0.5, 0.6) is 0 Å². The lowest BCUT2D eigenvalue weighted by Gasteiger charge is -2.45. The van der Waals surface area contributed by atoms with Crippen LogP contribution in [-0.4, -0.2) is 35.7 Å². The van der Waals surface area contributed by atoms with Crippen LogP contribution in [-0.2, 0) is 19.1 Å². The van der Waals surface area contributed by atoms with E-state index >= 15 is 0 Å². The lowest BCUT2D eigenvalue weighted by atomic mass is 9.59. The number of allylic oxidation sites excluding steroid dienone is 2. The number of carbonyl (C=O) groups is 2. The smallest absolute Gasteiger partial charge is 0.332 e. The molecule has 0 amide bonds. The van der Waals surface area contributed by atoms with E-state index in [1.807, 2.05) is 12.2 Å². The molecule has 4 atom stereocenters. The van der Waals surface area contributed by atoms with Crippen molar-refractivity contribution in [3.8, 4) is 0 Å². The van der Waals surface area contributed by atoms with Gasteiger partial charge in [0.05, 0.1) is 0 Å². The first-order chi connectivity index (χ1) is 11.6. The van der Waals surface area contributed by atoms with E-state index < -0.39 is 25.5 Å². The van der Waals surface area contributed by atoms with E-state index in [2.05, 4.69) is 9.47 Å². The zero-order valence-corrected chi connectivity index (χ0v) is 13.6. The van der Waals surface area contributed by atoms with Gasteiger partial charge in [0.1, 0.15) is 0 Å². The summed E-state index contributed by atoms with van der Waals surface area (Å²) in [6, 6.07) is 0. The zero-order chi connectivity index (χ0) is 17.2. The Hall–Kier alpha value is -1.66. The Bertz CT molecular complexity index is 568. The molecule has 0 aromatic carbocycles. The van der Waals surface area contributed by atoms with Crippen LogP contribution < -0.4 is 0 Å². The molecule has 132 valence electrons. The Kier molecular flexibility index (Phi) is 4.78. The summed E-state index contributed by atoms with van der Waals surface area (Å²) >= 11 is 0. The zero-order valence-electron chi connectivity index (χ0n) is 13.6. The van der Waals surface area contributed by atoms with Gasteiger partial charge in [0.25, 0.3) is 0 Å². The lowest BCUT2D eigenvalue weighted by molar-refractivity contribution is -0.146. The van der Waals surface area contributed by atoms with Crippen LogP contribution in [0.4, 0.5) is 0 Å². The fourth-order valence-corrected chi connectivity index (χ4v) is 5.56. The number of esters is 2. The number of rotatable bonds is 6. The molecule has 6 nitrogen and oxygen atoms in total. The molecule has 3 aliphatic carbocycles. The molecule has 2 bridgehead atoms. The van der Waals surface area contributed by atoms with Crippen molar-refractivity contribution in [2.75, 3.05) is 13.6 Å². The SMILES string of the molecule is O=C(C=CC12CCC(C1)C1CCCC12C=CC(=O)OCO)OCO. The molecule has 2 N–H and O–H groups in total. The fourth-order valence-electron chi connectivity index (χ4n) is 5.56. The molecule has 0 aromatic rings. The number of carbonyl (C=O) groups excluding carboxylic acids is 2. The molecule has 3 saturated carbocycles. The molecule has 3 aliphatic rings.